The van der Waals surface area contributed by atoms with Crippen LogP contribution >= 0.6 is 15.6 Å². The molecule has 0 spiro atoms. The van der Waals surface area contributed by atoms with Crippen molar-refractivity contribution < 1.29 is 84.8 Å². The smallest absolute Gasteiger partial charge is 0.446 e. The van der Waals surface area contributed by atoms with Crippen LogP contribution in [0.1, 0.15) is 112 Å². The van der Waals surface area contributed by atoms with Gasteiger partial charge in [0.1, 0.15) is 6.10 Å². The van der Waals surface area contributed by atoms with Crippen molar-refractivity contribution in [3.63, 3.8) is 0 Å². The fourth-order valence-corrected chi connectivity index (χ4v) is 12.5. The number of nitrogens with one attached hydrogen (secondary N) is 1. The van der Waals surface area contributed by atoms with Gasteiger partial charge in [0.15, 0.2) is 0 Å². The molecule has 21 heteroatoms. The van der Waals surface area contributed by atoms with Crippen molar-refractivity contribution in [2.24, 2.45) is 46.3 Å². The van der Waals surface area contributed by atoms with Crippen molar-refractivity contribution in [3.05, 3.63) is 11.6 Å². The Hall–Kier alpha value is -1.09. The molecule has 410 valence electrons. The molecule has 0 aromatic heterocycles. The Bertz CT molecular complexity index is 1570. The second-order valence-corrected chi connectivity index (χ2v) is 22.9. The number of ether oxygens (including phenoxy) is 9. The molecule has 0 aromatic rings. The van der Waals surface area contributed by atoms with E-state index >= 15 is 0 Å². The maximum atomic E-state index is 12.7. The molecule has 3 saturated carbocycles. The number of phosphoric acid groups is 2. The molecule has 19 nitrogen and oxygen atoms in total. The molecule has 0 heterocycles. The van der Waals surface area contributed by atoms with Crippen LogP contribution in [0.25, 0.3) is 0 Å². The Morgan fingerprint density at radius 1 is 0.629 bits per heavy atom. The number of fused-ring (bicyclic) bond motifs is 5. The molecule has 0 saturated heterocycles. The van der Waals surface area contributed by atoms with Crippen LogP contribution in [-0.2, 0) is 65.3 Å². The zero-order valence-corrected chi connectivity index (χ0v) is 44.9. The van der Waals surface area contributed by atoms with Gasteiger partial charge in [-0.15, -0.1) is 0 Å². The second-order valence-electron chi connectivity index (χ2n) is 20.2. The van der Waals surface area contributed by atoms with Gasteiger partial charge in [-0.25, -0.2) is 13.9 Å². The third-order valence-corrected chi connectivity index (χ3v) is 16.5. The predicted molar refractivity (Wildman–Crippen MR) is 262 cm³/mol. The molecule has 0 aromatic carbocycles. The van der Waals surface area contributed by atoms with Crippen molar-refractivity contribution in [3.8, 4) is 0 Å². The summed E-state index contributed by atoms with van der Waals surface area (Å²) in [6.45, 7) is 17.1. The van der Waals surface area contributed by atoms with Crippen molar-refractivity contribution in [2.45, 2.75) is 118 Å². The number of carbonyl (C=O) groups is 1. The monoisotopic (exact) mass is 1040 g/mol. The summed E-state index contributed by atoms with van der Waals surface area (Å²) in [6, 6.07) is 0. The van der Waals surface area contributed by atoms with Gasteiger partial charge >= 0.3 is 21.7 Å². The average Bonchev–Trinajstić information content (AvgIpc) is 3.66. The fraction of sp³-hybridized carbons (Fsp3) is 0.939. The van der Waals surface area contributed by atoms with Gasteiger partial charge in [0.2, 0.25) is 0 Å². The van der Waals surface area contributed by atoms with E-state index in [9.17, 15) is 18.8 Å². The number of amides is 1. The van der Waals surface area contributed by atoms with Crippen LogP contribution in [0.2, 0.25) is 0 Å². The predicted octanol–water partition coefficient (Wildman–Crippen LogP) is 7.89. The molecule has 4 N–H and O–H groups in total. The largest absolute Gasteiger partial charge is 0.472 e. The molecule has 1 unspecified atom stereocenters. The van der Waals surface area contributed by atoms with E-state index in [4.69, 9.17) is 61.5 Å². The number of hydrogen-bond donors (Lipinski definition) is 4. The molecule has 1 amide bonds. The summed E-state index contributed by atoms with van der Waals surface area (Å²) in [5.41, 5.74) is 2.25. The lowest BCUT2D eigenvalue weighted by Crippen LogP contribution is -2.51. The van der Waals surface area contributed by atoms with Crippen LogP contribution in [0.4, 0.5) is 4.79 Å². The third-order valence-electron chi connectivity index (χ3n) is 15.0. The van der Waals surface area contributed by atoms with E-state index in [1.165, 1.54) is 56.9 Å². The average molecular weight is 1040 g/mol. The first-order valence-corrected chi connectivity index (χ1v) is 29.1. The summed E-state index contributed by atoms with van der Waals surface area (Å²) in [6.07, 6.45) is 16.5. The van der Waals surface area contributed by atoms with E-state index in [1.807, 2.05) is 0 Å². The minimum atomic E-state index is -4.47. The van der Waals surface area contributed by atoms with Gasteiger partial charge in [0.25, 0.3) is 0 Å². The molecule has 70 heavy (non-hydrogen) atoms. The van der Waals surface area contributed by atoms with E-state index in [1.54, 1.807) is 0 Å². The molecule has 4 aliphatic rings. The molecule has 4 aliphatic carbocycles. The van der Waals surface area contributed by atoms with Gasteiger partial charge in [-0.2, -0.15) is 0 Å². The van der Waals surface area contributed by atoms with Crippen molar-refractivity contribution >= 4 is 21.7 Å². The topological polar surface area (TPSA) is 235 Å². The van der Waals surface area contributed by atoms with Crippen LogP contribution in [0.15, 0.2) is 11.6 Å². The minimum absolute atomic E-state index is 0.0470. The maximum Gasteiger partial charge on any atom is 0.472 e. The van der Waals surface area contributed by atoms with Gasteiger partial charge < -0.3 is 62.6 Å². The van der Waals surface area contributed by atoms with E-state index in [0.717, 1.165) is 54.8 Å². The summed E-state index contributed by atoms with van der Waals surface area (Å²) < 4.78 is 85.7. The number of alkyl carbamates (subject to hydrolysis) is 1. The highest BCUT2D eigenvalue weighted by molar-refractivity contribution is 7.47. The lowest BCUT2D eigenvalue weighted by Gasteiger charge is -2.58. The highest BCUT2D eigenvalue weighted by atomic mass is 31.2. The summed E-state index contributed by atoms with van der Waals surface area (Å²) in [5, 5.41) is 2.91. The Balaban J connectivity index is 0.889. The molecule has 0 radical (unpaired) electrons. The summed E-state index contributed by atoms with van der Waals surface area (Å²) in [4.78, 5) is 39.7. The van der Waals surface area contributed by atoms with Crippen molar-refractivity contribution in [1.29, 1.82) is 0 Å². The number of carbonyl (C=O) groups excluding carboxylic acids is 1. The lowest BCUT2D eigenvalue weighted by molar-refractivity contribution is -0.0581. The Morgan fingerprint density at radius 2 is 1.13 bits per heavy atom. The van der Waals surface area contributed by atoms with Crippen LogP contribution in [-0.4, -0.2) is 159 Å². The first-order chi connectivity index (χ1) is 33.5. The SMILES string of the molecule is CC(C)CCC[C@@H](C)[C@H]1CC[C@H]2[C@@H]3CC=C4C[C@@H](OC(=O)NCCCOCCOCCOCCOP(=O)(O)OCCOCCOCCOCCOCCOCCOP(=O)(O)O)CC[C@]4(C)[C@H]3CC[C@]12C. The second kappa shape index (κ2) is 33.1. The van der Waals surface area contributed by atoms with E-state index < -0.39 is 15.6 Å². The maximum absolute atomic E-state index is 12.7. The summed E-state index contributed by atoms with van der Waals surface area (Å²) >= 11 is 0. The van der Waals surface area contributed by atoms with E-state index in [0.29, 0.717) is 84.4 Å². The molecular formula is C49H91NO18P2. The molecular weight excluding hydrogens is 952 g/mol. The Kier molecular flexibility index (Phi) is 29.0. The van der Waals surface area contributed by atoms with Crippen LogP contribution in [0, 0.1) is 46.3 Å². The molecule has 9 atom stereocenters. The first-order valence-electron chi connectivity index (χ1n) is 26.1. The number of rotatable bonds is 40. The van der Waals surface area contributed by atoms with Crippen LogP contribution < -0.4 is 5.32 Å². The van der Waals surface area contributed by atoms with Gasteiger partial charge in [-0.1, -0.05) is 65.5 Å². The van der Waals surface area contributed by atoms with Crippen molar-refractivity contribution in [1.82, 2.24) is 5.32 Å². The Morgan fingerprint density at radius 3 is 1.64 bits per heavy atom. The summed E-state index contributed by atoms with van der Waals surface area (Å²) in [7, 11) is -8.72. The van der Waals surface area contributed by atoms with E-state index in [-0.39, 0.29) is 77.1 Å². The van der Waals surface area contributed by atoms with Gasteiger partial charge in [-0.05, 0) is 97.7 Å². The normalized spacial score (nSPS) is 26.8. The van der Waals surface area contributed by atoms with Gasteiger partial charge in [0.05, 0.1) is 119 Å². The third kappa shape index (κ3) is 22.8. The Labute approximate surface area is 418 Å². The molecule has 4 rings (SSSR count). The molecule has 0 bridgehead atoms. The highest BCUT2D eigenvalue weighted by Crippen LogP contribution is 2.67. The zero-order valence-electron chi connectivity index (χ0n) is 43.1. The highest BCUT2D eigenvalue weighted by Gasteiger charge is 2.59. The lowest BCUT2D eigenvalue weighted by atomic mass is 9.47. The van der Waals surface area contributed by atoms with E-state index in [2.05, 4.69) is 50.5 Å². The standard InChI is InChI=1S/C49H91NO18P2/c1-39(2)8-6-9-40(3)44-12-13-45-43-11-10-41-38-42(14-16-48(41,4)46(43)15-17-49(44,45)5)68-47(51)50-18-7-19-57-20-21-58-27-30-63-33-36-66-70(55,56)67-37-34-64-31-28-61-25-23-59-22-24-60-26-29-62-32-35-65-69(52,53)54/h10,39-40,42-46H,6-9,11-38H2,1-5H3,(H,50,51)(H,55,56)(H2,52,53,54)/t40-,42+,43+,44-,45+,46+,48+,49-/m1/s1. The molecule has 0 aliphatic heterocycles. The zero-order chi connectivity index (χ0) is 50.7. The number of phosphoric ester groups is 2. The van der Waals surface area contributed by atoms with Gasteiger partial charge in [-0.3, -0.25) is 13.6 Å². The van der Waals surface area contributed by atoms with Crippen LogP contribution in [0.5, 0.6) is 0 Å². The number of hydrogen-bond acceptors (Lipinski definition) is 15. The minimum Gasteiger partial charge on any atom is -0.446 e. The fourth-order valence-electron chi connectivity index (χ4n) is 11.5. The van der Waals surface area contributed by atoms with Crippen molar-refractivity contribution in [2.75, 3.05) is 132 Å². The summed E-state index contributed by atoms with van der Waals surface area (Å²) in [5.74, 6) is 4.87. The van der Waals surface area contributed by atoms with Crippen LogP contribution in [0.3, 0.4) is 0 Å². The number of allylic oxidation sites excluding steroid dienone is 1. The first kappa shape index (κ1) is 61.5. The quantitative estimate of drug-likeness (QED) is 0.0259. The van der Waals surface area contributed by atoms with Gasteiger partial charge in [0, 0.05) is 19.6 Å². The molecule has 3 fully saturated rings.